The van der Waals surface area contributed by atoms with E-state index in [9.17, 15) is 9.18 Å². The number of amides is 1. The van der Waals surface area contributed by atoms with Crippen LogP contribution >= 0.6 is 11.6 Å². The molecule has 172 valence electrons. The largest absolute Gasteiger partial charge is 0.489 e. The molecule has 0 unspecified atom stereocenters. The minimum absolute atomic E-state index is 0.00972. The Morgan fingerprint density at radius 2 is 2.12 bits per heavy atom. The van der Waals surface area contributed by atoms with E-state index in [1.807, 2.05) is 0 Å². The number of nitrogens with zero attached hydrogens (tertiary/aromatic N) is 3. The molecule has 10 heteroatoms. The summed E-state index contributed by atoms with van der Waals surface area (Å²) >= 11 is 5.94. The minimum atomic E-state index is -0.515. The second-order valence-electron chi connectivity index (χ2n) is 7.58. The van der Waals surface area contributed by atoms with Crippen molar-refractivity contribution in [2.45, 2.75) is 5.92 Å². The number of aromatic nitrogens is 2. The average molecular weight is 472 g/mol. The summed E-state index contributed by atoms with van der Waals surface area (Å²) < 4.78 is 24.4. The van der Waals surface area contributed by atoms with Crippen LogP contribution in [-0.2, 0) is 9.53 Å². The van der Waals surface area contributed by atoms with E-state index in [-0.39, 0.29) is 16.8 Å². The zero-order valence-corrected chi connectivity index (χ0v) is 18.7. The van der Waals surface area contributed by atoms with Gasteiger partial charge in [0.15, 0.2) is 0 Å². The second kappa shape index (κ2) is 9.60. The first-order chi connectivity index (χ1) is 15.9. The second-order valence-corrected chi connectivity index (χ2v) is 7.98. The van der Waals surface area contributed by atoms with E-state index in [1.54, 1.807) is 30.2 Å². The van der Waals surface area contributed by atoms with Crippen LogP contribution in [0.5, 0.6) is 5.75 Å². The van der Waals surface area contributed by atoms with Gasteiger partial charge in [0.05, 0.1) is 28.8 Å². The Labute approximate surface area is 195 Å². The Bertz CT molecular complexity index is 1220. The SMILES string of the molecule is C=CC(=O)N1CC(c2nc(Nc3ccc(F)c(Cl)c3)c3cc(N)c(OCCOC)cc3n2)C1. The van der Waals surface area contributed by atoms with E-state index in [0.29, 0.717) is 66.0 Å². The lowest BCUT2D eigenvalue weighted by molar-refractivity contribution is -0.130. The van der Waals surface area contributed by atoms with E-state index in [0.717, 1.165) is 0 Å². The Balaban J connectivity index is 1.72. The fourth-order valence-corrected chi connectivity index (χ4v) is 3.67. The van der Waals surface area contributed by atoms with E-state index in [2.05, 4.69) is 11.9 Å². The van der Waals surface area contributed by atoms with E-state index >= 15 is 0 Å². The van der Waals surface area contributed by atoms with Crippen LogP contribution in [0.25, 0.3) is 10.9 Å². The van der Waals surface area contributed by atoms with Crippen molar-refractivity contribution < 1.29 is 18.7 Å². The first kappa shape index (κ1) is 22.8. The fourth-order valence-electron chi connectivity index (χ4n) is 3.49. The molecule has 0 atom stereocenters. The highest BCUT2D eigenvalue weighted by Gasteiger charge is 2.33. The van der Waals surface area contributed by atoms with Crippen LogP contribution in [-0.4, -0.2) is 54.2 Å². The number of anilines is 3. The van der Waals surface area contributed by atoms with Crippen LogP contribution in [0.3, 0.4) is 0 Å². The number of benzene rings is 2. The van der Waals surface area contributed by atoms with Gasteiger partial charge in [0.1, 0.15) is 29.8 Å². The van der Waals surface area contributed by atoms with Gasteiger partial charge in [-0.15, -0.1) is 0 Å². The number of hydrogen-bond acceptors (Lipinski definition) is 7. The molecule has 1 amide bonds. The zero-order valence-electron chi connectivity index (χ0n) is 18.0. The molecular weight excluding hydrogens is 449 g/mol. The van der Waals surface area contributed by atoms with Gasteiger partial charge in [-0.25, -0.2) is 14.4 Å². The van der Waals surface area contributed by atoms with Crippen molar-refractivity contribution in [3.05, 3.63) is 59.7 Å². The molecule has 2 aromatic carbocycles. The van der Waals surface area contributed by atoms with Crippen molar-refractivity contribution in [2.24, 2.45) is 0 Å². The van der Waals surface area contributed by atoms with Gasteiger partial charge in [0.25, 0.3) is 0 Å². The molecule has 0 spiro atoms. The molecule has 2 heterocycles. The summed E-state index contributed by atoms with van der Waals surface area (Å²) in [6.07, 6.45) is 1.29. The number of rotatable bonds is 8. The lowest BCUT2D eigenvalue weighted by atomic mass is 9.98. The number of nitrogens with one attached hydrogen (secondary N) is 1. The third kappa shape index (κ3) is 4.84. The number of hydrogen-bond donors (Lipinski definition) is 2. The van der Waals surface area contributed by atoms with Crippen molar-refractivity contribution in [1.29, 1.82) is 0 Å². The van der Waals surface area contributed by atoms with Crippen molar-refractivity contribution >= 4 is 45.6 Å². The maximum Gasteiger partial charge on any atom is 0.246 e. The van der Waals surface area contributed by atoms with Crippen LogP contribution in [0.15, 0.2) is 43.0 Å². The van der Waals surface area contributed by atoms with Crippen LogP contribution in [0.1, 0.15) is 11.7 Å². The molecule has 0 radical (unpaired) electrons. The maximum absolute atomic E-state index is 13.6. The fraction of sp³-hybridized carbons (Fsp3) is 0.261. The Hall–Kier alpha value is -3.43. The third-order valence-corrected chi connectivity index (χ3v) is 5.59. The smallest absolute Gasteiger partial charge is 0.246 e. The molecule has 1 aliphatic heterocycles. The predicted molar refractivity (Wildman–Crippen MR) is 126 cm³/mol. The van der Waals surface area contributed by atoms with E-state index in [1.165, 1.54) is 18.2 Å². The van der Waals surface area contributed by atoms with Crippen LogP contribution < -0.4 is 15.8 Å². The number of carbonyl (C=O) groups excluding carboxylic acids is 1. The highest BCUT2D eigenvalue weighted by atomic mass is 35.5. The van der Waals surface area contributed by atoms with Gasteiger partial charge in [-0.05, 0) is 30.3 Å². The molecule has 8 nitrogen and oxygen atoms in total. The van der Waals surface area contributed by atoms with Crippen LogP contribution in [0.2, 0.25) is 5.02 Å². The molecule has 33 heavy (non-hydrogen) atoms. The zero-order chi connectivity index (χ0) is 23.5. The minimum Gasteiger partial charge on any atom is -0.489 e. The molecule has 3 N–H and O–H groups in total. The van der Waals surface area contributed by atoms with Gasteiger partial charge >= 0.3 is 0 Å². The maximum atomic E-state index is 13.6. The van der Waals surface area contributed by atoms with Crippen molar-refractivity contribution in [1.82, 2.24) is 14.9 Å². The van der Waals surface area contributed by atoms with E-state index < -0.39 is 5.82 Å². The number of fused-ring (bicyclic) bond motifs is 1. The molecule has 4 rings (SSSR count). The highest BCUT2D eigenvalue weighted by molar-refractivity contribution is 6.31. The van der Waals surface area contributed by atoms with Crippen molar-refractivity contribution in [2.75, 3.05) is 44.5 Å². The van der Waals surface area contributed by atoms with Gasteiger partial charge in [-0.2, -0.15) is 0 Å². The Morgan fingerprint density at radius 3 is 2.82 bits per heavy atom. The van der Waals surface area contributed by atoms with Crippen LogP contribution in [0, 0.1) is 5.82 Å². The monoisotopic (exact) mass is 471 g/mol. The van der Waals surface area contributed by atoms with Gasteiger partial charge in [0.2, 0.25) is 5.91 Å². The highest BCUT2D eigenvalue weighted by Crippen LogP contribution is 2.35. The molecule has 0 aliphatic carbocycles. The van der Waals surface area contributed by atoms with Gasteiger partial charge in [0, 0.05) is 37.3 Å². The summed E-state index contributed by atoms with van der Waals surface area (Å²) in [5, 5.41) is 3.84. The number of likely N-dealkylation sites (tertiary alicyclic amines) is 1. The number of methoxy groups -OCH3 is 1. The Kier molecular flexibility index (Phi) is 6.62. The van der Waals surface area contributed by atoms with E-state index in [4.69, 9.17) is 36.8 Å². The quantitative estimate of drug-likeness (QED) is 0.292. The Morgan fingerprint density at radius 1 is 1.33 bits per heavy atom. The van der Waals surface area contributed by atoms with Crippen LogP contribution in [0.4, 0.5) is 21.6 Å². The average Bonchev–Trinajstić information content (AvgIpc) is 2.76. The van der Waals surface area contributed by atoms with Gasteiger partial charge < -0.3 is 25.4 Å². The molecule has 1 aromatic heterocycles. The molecule has 0 saturated carbocycles. The third-order valence-electron chi connectivity index (χ3n) is 5.30. The lowest BCUT2D eigenvalue weighted by Crippen LogP contribution is -2.48. The molecule has 1 aliphatic rings. The number of carbonyl (C=O) groups is 1. The van der Waals surface area contributed by atoms with Gasteiger partial charge in [-0.1, -0.05) is 18.2 Å². The summed E-state index contributed by atoms with van der Waals surface area (Å²) in [6, 6.07) is 7.79. The molecule has 1 fully saturated rings. The molecule has 0 bridgehead atoms. The molecule has 1 saturated heterocycles. The first-order valence-electron chi connectivity index (χ1n) is 10.3. The molecular formula is C23H23ClFN5O3. The predicted octanol–water partition coefficient (Wildman–Crippen LogP) is 3.89. The summed E-state index contributed by atoms with van der Waals surface area (Å²) in [7, 11) is 1.59. The normalized spacial score (nSPS) is 13.6. The molecule has 3 aromatic rings. The van der Waals surface area contributed by atoms with Crippen molar-refractivity contribution in [3.8, 4) is 5.75 Å². The van der Waals surface area contributed by atoms with Crippen molar-refractivity contribution in [3.63, 3.8) is 0 Å². The summed E-state index contributed by atoms with van der Waals surface area (Å²) in [5.41, 5.74) is 7.80. The number of nitrogens with two attached hydrogens (primary N) is 1. The lowest BCUT2D eigenvalue weighted by Gasteiger charge is -2.37. The number of ether oxygens (including phenoxy) is 2. The van der Waals surface area contributed by atoms with Gasteiger partial charge in [-0.3, -0.25) is 4.79 Å². The topological polar surface area (TPSA) is 103 Å². The number of nitrogen functional groups attached to an aromatic ring is 1. The number of halogens is 2. The summed E-state index contributed by atoms with van der Waals surface area (Å²) in [6.45, 7) is 5.26. The standard InChI is InChI=1S/C23H23ClFN5O3/c1-3-21(31)30-11-13(12-30)22-28-19-10-20(33-7-6-32-2)18(26)9-15(19)23(29-22)27-14-4-5-17(25)16(24)8-14/h3-5,8-10,13H,1,6-7,11-12,26H2,2H3,(H,27,28,29). The summed E-state index contributed by atoms with van der Waals surface area (Å²) in [5.74, 6) is 0.857. The summed E-state index contributed by atoms with van der Waals surface area (Å²) in [4.78, 5) is 22.9. The first-order valence-corrected chi connectivity index (χ1v) is 10.6.